The lowest BCUT2D eigenvalue weighted by atomic mass is 10.1. The predicted molar refractivity (Wildman–Crippen MR) is 110 cm³/mol. The van der Waals surface area contributed by atoms with E-state index in [4.69, 9.17) is 4.74 Å². The van der Waals surface area contributed by atoms with Gasteiger partial charge in [-0.2, -0.15) is 26.9 Å². The monoisotopic (exact) mass is 487 g/mol. The lowest BCUT2D eigenvalue weighted by Crippen LogP contribution is -2.26. The second-order valence-corrected chi connectivity index (χ2v) is 7.37. The fourth-order valence-corrected chi connectivity index (χ4v) is 3.43. The van der Waals surface area contributed by atoms with Crippen molar-refractivity contribution in [3.05, 3.63) is 46.5 Å². The lowest BCUT2D eigenvalue weighted by Gasteiger charge is -2.12. The van der Waals surface area contributed by atoms with E-state index in [1.54, 1.807) is 19.9 Å². The molecule has 184 valence electrons. The molecule has 1 N–H and O–H groups in total. The molecule has 0 radical (unpaired) electrons. The van der Waals surface area contributed by atoms with Gasteiger partial charge in [0.25, 0.3) is 11.6 Å². The van der Waals surface area contributed by atoms with E-state index in [1.807, 2.05) is 0 Å². The minimum Gasteiger partial charge on any atom is -0.493 e. The van der Waals surface area contributed by atoms with Crippen molar-refractivity contribution in [3.63, 3.8) is 0 Å². The molecule has 0 aliphatic carbocycles. The number of nitrogens with zero attached hydrogens (tertiary/aromatic N) is 4. The molecule has 2 heterocycles. The third-order valence-electron chi connectivity index (χ3n) is 5.08. The Morgan fingerprint density at radius 3 is 2.53 bits per heavy atom. The molecular weight excluding hydrogens is 465 g/mol. The summed E-state index contributed by atoms with van der Waals surface area (Å²) in [6.07, 6.45) is -4.02. The summed E-state index contributed by atoms with van der Waals surface area (Å²) in [6, 6.07) is 4.58. The van der Waals surface area contributed by atoms with E-state index in [0.29, 0.717) is 28.9 Å². The average Bonchev–Trinajstić information content (AvgIpc) is 3.18. The summed E-state index contributed by atoms with van der Waals surface area (Å²) in [7, 11) is 1.34. The maximum Gasteiger partial charge on any atom is 0.453 e. The molecule has 3 aromatic rings. The molecule has 0 fully saturated rings. The Bertz CT molecular complexity index is 1180. The molecular formula is C21H22F5N5O3. The molecule has 0 atom stereocenters. The van der Waals surface area contributed by atoms with Gasteiger partial charge in [-0.15, -0.1) is 5.10 Å². The summed E-state index contributed by atoms with van der Waals surface area (Å²) in [5, 5.41) is 6.21. The van der Waals surface area contributed by atoms with Crippen LogP contribution in [0.5, 0.6) is 11.5 Å². The third-order valence-corrected chi connectivity index (χ3v) is 5.08. The van der Waals surface area contributed by atoms with Crippen LogP contribution in [0.3, 0.4) is 0 Å². The smallest absolute Gasteiger partial charge is 0.453 e. The quantitative estimate of drug-likeness (QED) is 0.464. The molecule has 0 saturated carbocycles. The highest BCUT2D eigenvalue weighted by atomic mass is 19.4. The van der Waals surface area contributed by atoms with Crippen LogP contribution in [0.1, 0.15) is 34.8 Å². The molecule has 2 aromatic heterocycles. The Morgan fingerprint density at radius 2 is 1.88 bits per heavy atom. The lowest BCUT2D eigenvalue weighted by molar-refractivity contribution is -0.144. The maximum absolute atomic E-state index is 12.9. The number of hydrogen-bond donors (Lipinski definition) is 1. The standard InChI is InChI=1S/C21H22F5N5O3/c1-11-14(12(2)31-20(28-11)29-18(30-31)21(24,25)26)5-7-17(32)27-9-8-13-4-6-15(33-3)16(10-13)34-19(22)23/h4,6,10,19H,5,7-9H2,1-3H3,(H,27,32). The number of benzene rings is 1. The van der Waals surface area contributed by atoms with Crippen LogP contribution in [0.25, 0.3) is 5.78 Å². The predicted octanol–water partition coefficient (Wildman–Crippen LogP) is 3.66. The first-order valence-electron chi connectivity index (χ1n) is 10.2. The van der Waals surface area contributed by atoms with Gasteiger partial charge in [-0.3, -0.25) is 4.79 Å². The number of amides is 1. The number of alkyl halides is 5. The normalized spacial score (nSPS) is 11.8. The van der Waals surface area contributed by atoms with E-state index < -0.39 is 18.6 Å². The molecule has 0 aliphatic heterocycles. The van der Waals surface area contributed by atoms with Crippen LogP contribution >= 0.6 is 0 Å². The van der Waals surface area contributed by atoms with Crippen LogP contribution in [-0.4, -0.2) is 45.8 Å². The minimum absolute atomic E-state index is 0.0675. The van der Waals surface area contributed by atoms with Crippen LogP contribution in [0.4, 0.5) is 22.0 Å². The molecule has 0 saturated heterocycles. The number of nitrogens with one attached hydrogen (secondary N) is 1. The van der Waals surface area contributed by atoms with Gasteiger partial charge in [0.15, 0.2) is 11.5 Å². The summed E-state index contributed by atoms with van der Waals surface area (Å²) >= 11 is 0. The number of aryl methyl sites for hydroxylation is 2. The van der Waals surface area contributed by atoms with Crippen molar-refractivity contribution in [3.8, 4) is 11.5 Å². The highest BCUT2D eigenvalue weighted by Gasteiger charge is 2.37. The highest BCUT2D eigenvalue weighted by Crippen LogP contribution is 2.30. The summed E-state index contributed by atoms with van der Waals surface area (Å²) < 4.78 is 74.3. The Hall–Kier alpha value is -3.51. The van der Waals surface area contributed by atoms with Crippen molar-refractivity contribution < 1.29 is 36.2 Å². The van der Waals surface area contributed by atoms with Crippen molar-refractivity contribution in [2.45, 2.75) is 45.9 Å². The SMILES string of the molecule is COc1ccc(CCNC(=O)CCc2c(C)nc3nc(C(F)(F)F)nn3c2C)cc1OC(F)F. The largest absolute Gasteiger partial charge is 0.493 e. The average molecular weight is 487 g/mol. The van der Waals surface area contributed by atoms with E-state index in [2.05, 4.69) is 25.1 Å². The Morgan fingerprint density at radius 1 is 1.15 bits per heavy atom. The number of ether oxygens (including phenoxy) is 2. The van der Waals surface area contributed by atoms with Crippen LogP contribution in [-0.2, 0) is 23.8 Å². The van der Waals surface area contributed by atoms with Gasteiger partial charge in [-0.05, 0) is 49.9 Å². The van der Waals surface area contributed by atoms with Crippen LogP contribution in [0, 0.1) is 13.8 Å². The van der Waals surface area contributed by atoms with Crippen molar-refractivity contribution in [1.29, 1.82) is 0 Å². The summed E-state index contributed by atoms with van der Waals surface area (Å²) in [6.45, 7) is 0.464. The van der Waals surface area contributed by atoms with Crippen molar-refractivity contribution >= 4 is 11.7 Å². The van der Waals surface area contributed by atoms with Crippen LogP contribution < -0.4 is 14.8 Å². The van der Waals surface area contributed by atoms with Crippen LogP contribution in [0.2, 0.25) is 0 Å². The third kappa shape index (κ3) is 5.88. The van der Waals surface area contributed by atoms with E-state index in [-0.39, 0.29) is 42.6 Å². The number of carbonyl (C=O) groups is 1. The Balaban J connectivity index is 1.59. The van der Waals surface area contributed by atoms with E-state index >= 15 is 0 Å². The van der Waals surface area contributed by atoms with Gasteiger partial charge in [-0.25, -0.2) is 9.50 Å². The van der Waals surface area contributed by atoms with E-state index in [0.717, 1.165) is 4.52 Å². The fourth-order valence-electron chi connectivity index (χ4n) is 3.43. The number of fused-ring (bicyclic) bond motifs is 1. The fraction of sp³-hybridized carbons (Fsp3) is 0.429. The number of methoxy groups -OCH3 is 1. The maximum atomic E-state index is 12.9. The molecule has 34 heavy (non-hydrogen) atoms. The first kappa shape index (κ1) is 25.1. The number of aromatic nitrogens is 4. The molecule has 1 amide bonds. The second-order valence-electron chi connectivity index (χ2n) is 7.37. The molecule has 0 bridgehead atoms. The van der Waals surface area contributed by atoms with Gasteiger partial charge in [0.05, 0.1) is 7.11 Å². The highest BCUT2D eigenvalue weighted by molar-refractivity contribution is 5.76. The Labute approximate surface area is 191 Å². The number of carbonyl (C=O) groups excluding carboxylic acids is 1. The first-order valence-corrected chi connectivity index (χ1v) is 10.2. The van der Waals surface area contributed by atoms with E-state index in [9.17, 15) is 26.7 Å². The molecule has 1 aromatic carbocycles. The topological polar surface area (TPSA) is 90.6 Å². The minimum atomic E-state index is -4.69. The molecule has 0 aliphatic rings. The zero-order valence-corrected chi connectivity index (χ0v) is 18.5. The van der Waals surface area contributed by atoms with Gasteiger partial charge >= 0.3 is 12.8 Å². The van der Waals surface area contributed by atoms with E-state index in [1.165, 1.54) is 19.2 Å². The summed E-state index contributed by atoms with van der Waals surface area (Å²) in [5.41, 5.74) is 2.14. The van der Waals surface area contributed by atoms with Crippen molar-refractivity contribution in [2.75, 3.05) is 13.7 Å². The zero-order valence-electron chi connectivity index (χ0n) is 18.5. The Kier molecular flexibility index (Phi) is 7.52. The zero-order chi connectivity index (χ0) is 25.0. The first-order chi connectivity index (χ1) is 16.0. The summed E-state index contributed by atoms with van der Waals surface area (Å²) in [4.78, 5) is 19.8. The van der Waals surface area contributed by atoms with Gasteiger partial charge in [0, 0.05) is 24.4 Å². The van der Waals surface area contributed by atoms with Crippen LogP contribution in [0.15, 0.2) is 18.2 Å². The van der Waals surface area contributed by atoms with Gasteiger partial charge in [-0.1, -0.05) is 6.07 Å². The second kappa shape index (κ2) is 10.2. The van der Waals surface area contributed by atoms with Gasteiger partial charge in [0.1, 0.15) is 0 Å². The number of rotatable bonds is 9. The molecule has 8 nitrogen and oxygen atoms in total. The van der Waals surface area contributed by atoms with Crippen molar-refractivity contribution in [1.82, 2.24) is 24.9 Å². The van der Waals surface area contributed by atoms with Gasteiger partial charge < -0.3 is 14.8 Å². The molecule has 13 heteroatoms. The molecule has 0 unspecified atom stereocenters. The van der Waals surface area contributed by atoms with Gasteiger partial charge in [0.2, 0.25) is 5.91 Å². The van der Waals surface area contributed by atoms with Crippen molar-refractivity contribution in [2.24, 2.45) is 0 Å². The molecule has 3 rings (SSSR count). The number of hydrogen-bond acceptors (Lipinski definition) is 6. The number of halogens is 5. The molecule has 0 spiro atoms. The summed E-state index contributed by atoms with van der Waals surface area (Å²) in [5.74, 6) is -1.66.